The lowest BCUT2D eigenvalue weighted by Crippen LogP contribution is -2.01. The highest BCUT2D eigenvalue weighted by Gasteiger charge is 2.19. The molecule has 3 aromatic rings. The summed E-state index contributed by atoms with van der Waals surface area (Å²) in [4.78, 5) is 14.5. The summed E-state index contributed by atoms with van der Waals surface area (Å²) in [6.45, 7) is 0. The molecule has 102 valence electrons. The van der Waals surface area contributed by atoms with Gasteiger partial charge in [0, 0.05) is 18.6 Å². The second-order valence-electron chi connectivity index (χ2n) is 4.97. The van der Waals surface area contributed by atoms with Crippen molar-refractivity contribution in [3.05, 3.63) is 65.6 Å². The number of aryl methyl sites for hydroxylation is 2. The fourth-order valence-electron chi connectivity index (χ4n) is 2.57. The Morgan fingerprint density at radius 1 is 1.05 bits per heavy atom. The number of fused-ring (bicyclic) bond motifs is 3. The standard InChI is InChI=1S/C17H13N3S/c1-2-4-14-13(3-1)5-6-15-16(14)21-17(20-15)19-11-12-7-9-18-10-8-12/h1-4,7-11H,5-6H2. The van der Waals surface area contributed by atoms with E-state index in [1.54, 1.807) is 23.7 Å². The molecule has 3 nitrogen and oxygen atoms in total. The van der Waals surface area contributed by atoms with Gasteiger partial charge in [0.15, 0.2) is 0 Å². The van der Waals surface area contributed by atoms with Crippen molar-refractivity contribution in [2.45, 2.75) is 12.8 Å². The van der Waals surface area contributed by atoms with E-state index >= 15 is 0 Å². The number of nitrogens with zero attached hydrogens (tertiary/aromatic N) is 3. The Hall–Kier alpha value is -2.33. The topological polar surface area (TPSA) is 38.1 Å². The van der Waals surface area contributed by atoms with Gasteiger partial charge in [-0.15, -0.1) is 0 Å². The van der Waals surface area contributed by atoms with Gasteiger partial charge in [0.25, 0.3) is 0 Å². The molecule has 0 bridgehead atoms. The normalized spacial score (nSPS) is 13.1. The first-order valence-corrected chi connectivity index (χ1v) is 7.74. The smallest absolute Gasteiger partial charge is 0.209 e. The van der Waals surface area contributed by atoms with E-state index in [1.807, 2.05) is 18.3 Å². The van der Waals surface area contributed by atoms with E-state index in [9.17, 15) is 0 Å². The molecular weight excluding hydrogens is 278 g/mol. The van der Waals surface area contributed by atoms with Crippen molar-refractivity contribution in [2.75, 3.05) is 0 Å². The molecule has 1 aromatic carbocycles. The highest BCUT2D eigenvalue weighted by molar-refractivity contribution is 7.18. The lowest BCUT2D eigenvalue weighted by Gasteiger charge is -2.13. The number of benzene rings is 1. The van der Waals surface area contributed by atoms with E-state index in [2.05, 4.69) is 39.2 Å². The van der Waals surface area contributed by atoms with Gasteiger partial charge in [-0.3, -0.25) is 4.98 Å². The largest absolute Gasteiger partial charge is 0.265 e. The minimum absolute atomic E-state index is 0.827. The van der Waals surface area contributed by atoms with Gasteiger partial charge in [-0.25, -0.2) is 9.98 Å². The van der Waals surface area contributed by atoms with Crippen LogP contribution in [0.25, 0.3) is 10.4 Å². The third kappa shape index (κ3) is 2.38. The Balaban J connectivity index is 1.69. The summed E-state index contributed by atoms with van der Waals surface area (Å²) in [5.41, 5.74) is 4.96. The van der Waals surface area contributed by atoms with E-state index in [0.717, 1.165) is 23.5 Å². The van der Waals surface area contributed by atoms with E-state index in [0.29, 0.717) is 0 Å². The van der Waals surface area contributed by atoms with Gasteiger partial charge in [-0.05, 0) is 41.7 Å². The van der Waals surface area contributed by atoms with Crippen LogP contribution in [0, 0.1) is 0 Å². The molecule has 0 saturated carbocycles. The molecule has 0 unspecified atom stereocenters. The molecular formula is C17H13N3S. The van der Waals surface area contributed by atoms with Crippen molar-refractivity contribution >= 4 is 22.7 Å². The molecule has 0 saturated heterocycles. The van der Waals surface area contributed by atoms with Gasteiger partial charge in [0.05, 0.1) is 10.6 Å². The van der Waals surface area contributed by atoms with Gasteiger partial charge in [0.2, 0.25) is 5.13 Å². The average molecular weight is 291 g/mol. The van der Waals surface area contributed by atoms with Gasteiger partial charge < -0.3 is 0 Å². The lowest BCUT2D eigenvalue weighted by molar-refractivity contribution is 0.910. The number of pyridine rings is 1. The van der Waals surface area contributed by atoms with Crippen molar-refractivity contribution in [3.63, 3.8) is 0 Å². The molecule has 2 heterocycles. The third-order valence-corrected chi connectivity index (χ3v) is 4.65. The zero-order valence-electron chi connectivity index (χ0n) is 11.4. The Morgan fingerprint density at radius 2 is 1.90 bits per heavy atom. The van der Waals surface area contributed by atoms with Crippen molar-refractivity contribution in [1.82, 2.24) is 9.97 Å². The fraction of sp³-hybridized carbons (Fsp3) is 0.118. The minimum Gasteiger partial charge on any atom is -0.265 e. The van der Waals surface area contributed by atoms with Gasteiger partial charge in [0.1, 0.15) is 0 Å². The van der Waals surface area contributed by atoms with Crippen LogP contribution in [-0.2, 0) is 12.8 Å². The van der Waals surface area contributed by atoms with Crippen LogP contribution in [0.1, 0.15) is 16.8 Å². The van der Waals surface area contributed by atoms with Crippen molar-refractivity contribution in [3.8, 4) is 10.4 Å². The summed E-state index contributed by atoms with van der Waals surface area (Å²) < 4.78 is 0. The van der Waals surface area contributed by atoms with Crippen LogP contribution < -0.4 is 0 Å². The number of hydrogen-bond donors (Lipinski definition) is 0. The molecule has 0 aliphatic heterocycles. The Labute approximate surface area is 127 Å². The Kier molecular flexibility index (Phi) is 3.09. The SMILES string of the molecule is C(=Nc1nc2c(s1)-c1ccccc1CC2)c1ccncc1. The van der Waals surface area contributed by atoms with Crippen molar-refractivity contribution in [2.24, 2.45) is 4.99 Å². The zero-order chi connectivity index (χ0) is 14.1. The maximum Gasteiger partial charge on any atom is 0.209 e. The molecule has 0 atom stereocenters. The average Bonchev–Trinajstić information content (AvgIpc) is 2.97. The summed E-state index contributed by atoms with van der Waals surface area (Å²) >= 11 is 1.67. The summed E-state index contributed by atoms with van der Waals surface area (Å²) in [7, 11) is 0. The second-order valence-corrected chi connectivity index (χ2v) is 5.95. The molecule has 0 spiro atoms. The van der Waals surface area contributed by atoms with Crippen molar-refractivity contribution in [1.29, 1.82) is 0 Å². The summed E-state index contributed by atoms with van der Waals surface area (Å²) in [5.74, 6) is 0. The van der Waals surface area contributed by atoms with Crippen LogP contribution >= 0.6 is 11.3 Å². The number of hydrogen-bond acceptors (Lipinski definition) is 4. The Morgan fingerprint density at radius 3 is 2.81 bits per heavy atom. The van der Waals surface area contributed by atoms with Crippen LogP contribution in [0.2, 0.25) is 0 Å². The third-order valence-electron chi connectivity index (χ3n) is 3.61. The number of rotatable bonds is 2. The maximum atomic E-state index is 4.67. The molecule has 2 aromatic heterocycles. The summed E-state index contributed by atoms with van der Waals surface area (Å²) in [5, 5.41) is 0.827. The lowest BCUT2D eigenvalue weighted by atomic mass is 9.94. The maximum absolute atomic E-state index is 4.67. The molecule has 4 rings (SSSR count). The molecule has 0 fully saturated rings. The number of thiazole rings is 1. The zero-order valence-corrected chi connectivity index (χ0v) is 12.2. The number of aromatic nitrogens is 2. The van der Waals surface area contributed by atoms with E-state index in [4.69, 9.17) is 0 Å². The van der Waals surface area contributed by atoms with E-state index in [-0.39, 0.29) is 0 Å². The first-order chi connectivity index (χ1) is 10.4. The van der Waals surface area contributed by atoms with Gasteiger partial charge >= 0.3 is 0 Å². The number of aliphatic imine (C=N–C) groups is 1. The van der Waals surface area contributed by atoms with Gasteiger partial charge in [-0.2, -0.15) is 0 Å². The highest BCUT2D eigenvalue weighted by Crippen LogP contribution is 2.40. The fourth-order valence-corrected chi connectivity index (χ4v) is 3.58. The molecule has 1 aliphatic rings. The predicted molar refractivity (Wildman–Crippen MR) is 86.4 cm³/mol. The van der Waals surface area contributed by atoms with Crippen molar-refractivity contribution < 1.29 is 0 Å². The minimum atomic E-state index is 0.827. The monoisotopic (exact) mass is 291 g/mol. The Bertz CT molecular complexity index is 806. The molecule has 0 amide bonds. The summed E-state index contributed by atoms with van der Waals surface area (Å²) in [6.07, 6.45) is 7.46. The van der Waals surface area contributed by atoms with Crippen LogP contribution in [0.5, 0.6) is 0 Å². The highest BCUT2D eigenvalue weighted by atomic mass is 32.1. The molecule has 0 radical (unpaired) electrons. The van der Waals surface area contributed by atoms with Crippen LogP contribution in [-0.4, -0.2) is 16.2 Å². The molecule has 21 heavy (non-hydrogen) atoms. The van der Waals surface area contributed by atoms with Crippen LogP contribution in [0.3, 0.4) is 0 Å². The second kappa shape index (κ2) is 5.22. The first kappa shape index (κ1) is 12.4. The molecule has 1 aliphatic carbocycles. The summed E-state index contributed by atoms with van der Waals surface area (Å²) in [6, 6.07) is 12.5. The quantitative estimate of drug-likeness (QED) is 0.668. The first-order valence-electron chi connectivity index (χ1n) is 6.92. The van der Waals surface area contributed by atoms with E-state index in [1.165, 1.54) is 21.7 Å². The van der Waals surface area contributed by atoms with Gasteiger partial charge in [-0.1, -0.05) is 35.6 Å². The van der Waals surface area contributed by atoms with Crippen LogP contribution in [0.15, 0.2) is 53.8 Å². The van der Waals surface area contributed by atoms with E-state index < -0.39 is 0 Å². The molecule has 4 heteroatoms. The predicted octanol–water partition coefficient (Wildman–Crippen LogP) is 4.05. The van der Waals surface area contributed by atoms with Crippen LogP contribution in [0.4, 0.5) is 5.13 Å². The molecule has 0 N–H and O–H groups in total.